The van der Waals surface area contributed by atoms with Gasteiger partial charge in [-0.2, -0.15) is 11.8 Å². The van der Waals surface area contributed by atoms with E-state index in [4.69, 9.17) is 5.73 Å². The van der Waals surface area contributed by atoms with E-state index in [2.05, 4.69) is 5.32 Å². The minimum atomic E-state index is -0.649. The Balaban J connectivity index is 3.87. The van der Waals surface area contributed by atoms with Gasteiger partial charge in [-0.15, -0.1) is 0 Å². The Bertz CT molecular complexity index is 296. The number of carbonyl (C=O) groups excluding carboxylic acids is 2. The first-order valence-electron chi connectivity index (χ1n) is 6.75. The molecule has 112 valence electrons. The highest BCUT2D eigenvalue weighted by Crippen LogP contribution is 2.14. The third-order valence-corrected chi connectivity index (χ3v) is 4.43. The number of nitrogens with two attached hydrogens (primary N) is 1. The zero-order chi connectivity index (χ0) is 14.9. The second-order valence-corrected chi connectivity index (χ2v) is 5.77. The van der Waals surface area contributed by atoms with Crippen molar-refractivity contribution < 1.29 is 9.59 Å². The number of nitrogens with zero attached hydrogens (tertiary/aromatic N) is 1. The highest BCUT2D eigenvalue weighted by Gasteiger charge is 2.27. The van der Waals surface area contributed by atoms with Crippen LogP contribution in [0.25, 0.3) is 0 Å². The van der Waals surface area contributed by atoms with Gasteiger partial charge in [0, 0.05) is 13.1 Å². The fourth-order valence-corrected chi connectivity index (χ4v) is 2.58. The molecule has 1 atom stereocenters. The van der Waals surface area contributed by atoms with Gasteiger partial charge in [-0.05, 0) is 46.4 Å². The topological polar surface area (TPSA) is 75.4 Å². The average Bonchev–Trinajstić information content (AvgIpc) is 2.39. The molecule has 0 fully saturated rings. The largest absolute Gasteiger partial charge is 0.368 e. The third-order valence-electron chi connectivity index (χ3n) is 3.40. The number of nitrogens with one attached hydrogen (secondary N) is 1. The van der Waals surface area contributed by atoms with Gasteiger partial charge < -0.3 is 16.0 Å². The normalized spacial score (nSPS) is 13.9. The molecule has 0 rings (SSSR count). The van der Waals surface area contributed by atoms with Crippen molar-refractivity contribution in [2.24, 2.45) is 5.73 Å². The van der Waals surface area contributed by atoms with E-state index in [1.807, 2.05) is 18.7 Å². The van der Waals surface area contributed by atoms with E-state index in [1.165, 1.54) is 0 Å². The molecule has 0 aromatic heterocycles. The number of hydrogen-bond acceptors (Lipinski definition) is 4. The molecular weight excluding hydrogens is 262 g/mol. The van der Waals surface area contributed by atoms with Crippen LogP contribution in [0.4, 0.5) is 0 Å². The van der Waals surface area contributed by atoms with Crippen LogP contribution in [0, 0.1) is 0 Å². The Labute approximate surface area is 120 Å². The lowest BCUT2D eigenvalue weighted by Gasteiger charge is -2.25. The molecule has 0 aliphatic heterocycles. The van der Waals surface area contributed by atoms with E-state index in [0.717, 1.165) is 25.3 Å². The van der Waals surface area contributed by atoms with Gasteiger partial charge in [0.15, 0.2) is 0 Å². The minimum Gasteiger partial charge on any atom is -0.368 e. The highest BCUT2D eigenvalue weighted by atomic mass is 32.2. The summed E-state index contributed by atoms with van der Waals surface area (Å²) in [4.78, 5) is 24.9. The van der Waals surface area contributed by atoms with Crippen LogP contribution >= 0.6 is 11.8 Å². The number of carbonyl (C=O) groups is 2. The van der Waals surface area contributed by atoms with Crippen molar-refractivity contribution in [1.29, 1.82) is 0 Å². The summed E-state index contributed by atoms with van der Waals surface area (Å²) in [6.45, 7) is 7.29. The zero-order valence-electron chi connectivity index (χ0n) is 12.5. The molecule has 19 heavy (non-hydrogen) atoms. The van der Waals surface area contributed by atoms with Crippen LogP contribution in [0.3, 0.4) is 0 Å². The summed E-state index contributed by atoms with van der Waals surface area (Å²) in [5.41, 5.74) is 4.70. The van der Waals surface area contributed by atoms with Gasteiger partial charge >= 0.3 is 0 Å². The molecule has 0 bridgehead atoms. The summed E-state index contributed by atoms with van der Waals surface area (Å²) in [5.74, 6) is 1.21. The Hall–Kier alpha value is -0.750. The predicted octanol–water partition coefficient (Wildman–Crippen LogP) is 0.832. The fourth-order valence-electron chi connectivity index (χ4n) is 1.73. The van der Waals surface area contributed by atoms with Crippen molar-refractivity contribution >= 4 is 23.6 Å². The number of amides is 2. The van der Waals surface area contributed by atoms with Crippen LogP contribution in [0.15, 0.2) is 0 Å². The summed E-state index contributed by atoms with van der Waals surface area (Å²) in [6, 6.07) is 0. The summed E-state index contributed by atoms with van der Waals surface area (Å²) in [5, 5.41) is 2.96. The average molecular weight is 289 g/mol. The molecule has 2 amide bonds. The molecule has 0 saturated carbocycles. The van der Waals surface area contributed by atoms with E-state index < -0.39 is 5.54 Å². The highest BCUT2D eigenvalue weighted by molar-refractivity contribution is 7.99. The van der Waals surface area contributed by atoms with Crippen LogP contribution in [-0.4, -0.2) is 53.9 Å². The quantitative estimate of drug-likeness (QED) is 0.584. The van der Waals surface area contributed by atoms with E-state index in [9.17, 15) is 9.59 Å². The van der Waals surface area contributed by atoms with Gasteiger partial charge in [0.05, 0.1) is 11.3 Å². The third kappa shape index (κ3) is 6.29. The second-order valence-electron chi connectivity index (χ2n) is 4.67. The summed E-state index contributed by atoms with van der Waals surface area (Å²) < 4.78 is 0. The van der Waals surface area contributed by atoms with Crippen molar-refractivity contribution in [1.82, 2.24) is 10.2 Å². The molecule has 0 radical (unpaired) electrons. The van der Waals surface area contributed by atoms with Crippen molar-refractivity contribution in [2.45, 2.75) is 39.2 Å². The smallest absolute Gasteiger partial charge is 0.237 e. The lowest BCUT2D eigenvalue weighted by atomic mass is 9.96. The maximum atomic E-state index is 11.7. The first-order chi connectivity index (χ1) is 8.91. The van der Waals surface area contributed by atoms with E-state index in [-0.39, 0.29) is 11.8 Å². The molecule has 0 heterocycles. The van der Waals surface area contributed by atoms with Gasteiger partial charge in [0.2, 0.25) is 11.8 Å². The Morgan fingerprint density at radius 2 is 1.89 bits per heavy atom. The molecule has 0 spiro atoms. The molecule has 0 aliphatic carbocycles. The number of thioether (sulfide) groups is 1. The standard InChI is InChI=1S/C13H27N3O2S/c1-5-16(6-2)11(17)10-19-9-7-8-13(3,15-4)12(14)18/h15H,5-10H2,1-4H3,(H2,14,18). The SMILES string of the molecule is CCN(CC)C(=O)CSCCCC(C)(NC)C(N)=O. The molecular formula is C13H27N3O2S. The van der Waals surface area contributed by atoms with Crippen LogP contribution in [0.1, 0.15) is 33.6 Å². The molecule has 1 unspecified atom stereocenters. The van der Waals surface area contributed by atoms with Gasteiger partial charge in [0.1, 0.15) is 0 Å². The van der Waals surface area contributed by atoms with E-state index in [0.29, 0.717) is 12.2 Å². The van der Waals surface area contributed by atoms with Gasteiger partial charge in [-0.3, -0.25) is 9.59 Å². The summed E-state index contributed by atoms with van der Waals surface area (Å²) >= 11 is 1.61. The zero-order valence-corrected chi connectivity index (χ0v) is 13.3. The summed E-state index contributed by atoms with van der Waals surface area (Å²) in [7, 11) is 1.74. The van der Waals surface area contributed by atoms with E-state index in [1.54, 1.807) is 25.7 Å². The van der Waals surface area contributed by atoms with Crippen molar-refractivity contribution in [3.05, 3.63) is 0 Å². The molecule has 5 nitrogen and oxygen atoms in total. The summed E-state index contributed by atoms with van der Waals surface area (Å²) in [6.07, 6.45) is 1.54. The van der Waals surface area contributed by atoms with Crippen molar-refractivity contribution in [3.63, 3.8) is 0 Å². The lowest BCUT2D eigenvalue weighted by molar-refractivity contribution is -0.128. The van der Waals surface area contributed by atoms with Gasteiger partial charge in [-0.25, -0.2) is 0 Å². The van der Waals surface area contributed by atoms with E-state index >= 15 is 0 Å². The lowest BCUT2D eigenvalue weighted by Crippen LogP contribution is -2.51. The molecule has 0 aromatic rings. The minimum absolute atomic E-state index is 0.182. The maximum absolute atomic E-state index is 11.7. The molecule has 6 heteroatoms. The molecule has 0 aromatic carbocycles. The predicted molar refractivity (Wildman–Crippen MR) is 81.1 cm³/mol. The number of primary amides is 1. The van der Waals surface area contributed by atoms with Crippen molar-refractivity contribution in [3.8, 4) is 0 Å². The van der Waals surface area contributed by atoms with Crippen molar-refractivity contribution in [2.75, 3.05) is 31.6 Å². The molecule has 0 saturated heterocycles. The molecule has 3 N–H and O–H groups in total. The first kappa shape index (κ1) is 18.2. The monoisotopic (exact) mass is 289 g/mol. The maximum Gasteiger partial charge on any atom is 0.237 e. The Morgan fingerprint density at radius 1 is 1.32 bits per heavy atom. The Morgan fingerprint density at radius 3 is 2.32 bits per heavy atom. The fraction of sp³-hybridized carbons (Fsp3) is 0.846. The second kappa shape index (κ2) is 9.20. The Kier molecular flexibility index (Phi) is 8.84. The van der Waals surface area contributed by atoms with Crippen LogP contribution in [-0.2, 0) is 9.59 Å². The molecule has 0 aliphatic rings. The number of likely N-dealkylation sites (N-methyl/N-ethyl adjacent to an activating group) is 1. The first-order valence-corrected chi connectivity index (χ1v) is 7.91. The van der Waals surface area contributed by atoms with Crippen LogP contribution in [0.5, 0.6) is 0 Å². The van der Waals surface area contributed by atoms with Crippen LogP contribution < -0.4 is 11.1 Å². The number of rotatable bonds is 10. The van der Waals surface area contributed by atoms with Gasteiger partial charge in [0.25, 0.3) is 0 Å². The van der Waals surface area contributed by atoms with Gasteiger partial charge in [-0.1, -0.05) is 0 Å². The number of hydrogen-bond donors (Lipinski definition) is 2. The van der Waals surface area contributed by atoms with Crippen LogP contribution in [0.2, 0.25) is 0 Å².